The van der Waals surface area contributed by atoms with Crippen molar-refractivity contribution in [3.8, 4) is 5.75 Å². The topological polar surface area (TPSA) is 72.8 Å². The lowest BCUT2D eigenvalue weighted by Gasteiger charge is -2.29. The summed E-state index contributed by atoms with van der Waals surface area (Å²) >= 11 is 0. The molecular formula is C21H24F2N2O3. The molecule has 2 atom stereocenters. The molecule has 0 fully saturated rings. The largest absolute Gasteiger partial charge is 0.506 e. The van der Waals surface area contributed by atoms with Crippen LogP contribution in [0, 0.1) is 11.6 Å². The molecule has 0 saturated carbocycles. The number of hydrogen-bond acceptors (Lipinski definition) is 4. The highest BCUT2D eigenvalue weighted by Gasteiger charge is 2.25. The molecular weight excluding hydrogens is 366 g/mol. The number of rotatable bonds is 6. The number of likely N-dealkylation sites (N-methyl/N-ethyl adjacent to an activating group) is 1. The highest BCUT2D eigenvalue weighted by Crippen LogP contribution is 2.36. The average Bonchev–Trinajstić information content (AvgIpc) is 2.64. The lowest BCUT2D eigenvalue weighted by atomic mass is 9.93. The van der Waals surface area contributed by atoms with Crippen molar-refractivity contribution >= 4 is 11.6 Å². The van der Waals surface area contributed by atoms with Crippen LogP contribution in [0.25, 0.3) is 0 Å². The van der Waals surface area contributed by atoms with Gasteiger partial charge in [-0.05, 0) is 55.6 Å². The van der Waals surface area contributed by atoms with E-state index < -0.39 is 17.7 Å². The molecule has 1 heterocycles. The molecule has 0 bridgehead atoms. The fourth-order valence-electron chi connectivity index (χ4n) is 3.53. The maximum atomic E-state index is 13.9. The first-order chi connectivity index (χ1) is 13.3. The molecule has 0 aromatic heterocycles. The third-order valence-electron chi connectivity index (χ3n) is 5.30. The van der Waals surface area contributed by atoms with E-state index in [2.05, 4.69) is 5.32 Å². The van der Waals surface area contributed by atoms with Gasteiger partial charge in [-0.3, -0.25) is 4.79 Å². The molecule has 1 aliphatic rings. The highest BCUT2D eigenvalue weighted by molar-refractivity contribution is 5.96. The molecule has 28 heavy (non-hydrogen) atoms. The van der Waals surface area contributed by atoms with Crippen molar-refractivity contribution in [1.82, 2.24) is 4.90 Å². The van der Waals surface area contributed by atoms with Crippen LogP contribution in [0.3, 0.4) is 0 Å². The number of carbonyl (C=O) groups excluding carboxylic acids is 1. The second-order valence-corrected chi connectivity index (χ2v) is 7.32. The number of hydrogen-bond donors (Lipinski definition) is 3. The molecule has 2 aromatic carbocycles. The van der Waals surface area contributed by atoms with Gasteiger partial charge in [0.2, 0.25) is 5.91 Å². The van der Waals surface area contributed by atoms with Crippen LogP contribution in [0.15, 0.2) is 30.3 Å². The second-order valence-electron chi connectivity index (χ2n) is 7.32. The van der Waals surface area contributed by atoms with Crippen molar-refractivity contribution in [2.75, 3.05) is 18.9 Å². The van der Waals surface area contributed by atoms with E-state index in [0.29, 0.717) is 36.1 Å². The molecule has 0 aliphatic carbocycles. The first kappa shape index (κ1) is 20.2. The van der Waals surface area contributed by atoms with Gasteiger partial charge in [0.15, 0.2) is 0 Å². The molecule has 1 amide bonds. The Morgan fingerprint density at radius 3 is 2.68 bits per heavy atom. The zero-order chi connectivity index (χ0) is 20.4. The Labute approximate surface area is 162 Å². The van der Waals surface area contributed by atoms with E-state index >= 15 is 0 Å². The van der Waals surface area contributed by atoms with E-state index in [1.807, 2.05) is 18.9 Å². The van der Waals surface area contributed by atoms with Gasteiger partial charge in [0, 0.05) is 25.1 Å². The zero-order valence-corrected chi connectivity index (χ0v) is 15.9. The Balaban J connectivity index is 1.71. The normalized spacial score (nSPS) is 15.9. The number of phenolic OH excluding ortho intramolecular Hbond substituents is 1. The van der Waals surface area contributed by atoms with E-state index in [0.717, 1.165) is 11.6 Å². The molecule has 2 aromatic rings. The molecule has 3 rings (SSSR count). The van der Waals surface area contributed by atoms with Crippen LogP contribution >= 0.6 is 0 Å². The van der Waals surface area contributed by atoms with Gasteiger partial charge in [0.25, 0.3) is 0 Å². The second kappa shape index (κ2) is 8.24. The van der Waals surface area contributed by atoms with Crippen LogP contribution in [-0.4, -0.2) is 40.7 Å². The lowest BCUT2D eigenvalue weighted by molar-refractivity contribution is -0.116. The van der Waals surface area contributed by atoms with E-state index in [4.69, 9.17) is 0 Å². The van der Waals surface area contributed by atoms with Crippen LogP contribution in [0.1, 0.15) is 36.1 Å². The number of halogens is 2. The Kier molecular flexibility index (Phi) is 5.96. The van der Waals surface area contributed by atoms with Crippen LogP contribution in [0.4, 0.5) is 14.5 Å². The first-order valence-electron chi connectivity index (χ1n) is 9.23. The minimum absolute atomic E-state index is 0.0208. The maximum absolute atomic E-state index is 13.9. The highest BCUT2D eigenvalue weighted by atomic mass is 19.1. The number of aliphatic hydroxyl groups excluding tert-OH is 1. The summed E-state index contributed by atoms with van der Waals surface area (Å²) in [5.41, 5.74) is 2.16. The smallest absolute Gasteiger partial charge is 0.224 e. The number of phenols is 1. The van der Waals surface area contributed by atoms with Crippen molar-refractivity contribution in [2.24, 2.45) is 0 Å². The summed E-state index contributed by atoms with van der Waals surface area (Å²) in [6.45, 7) is 2.19. The third kappa shape index (κ3) is 4.31. The predicted molar refractivity (Wildman–Crippen MR) is 102 cm³/mol. The first-order valence-corrected chi connectivity index (χ1v) is 9.23. The number of benzene rings is 2. The van der Waals surface area contributed by atoms with E-state index in [9.17, 15) is 23.8 Å². The number of nitrogens with zero attached hydrogens (tertiary/aromatic N) is 1. The summed E-state index contributed by atoms with van der Waals surface area (Å²) in [6.07, 6.45) is 0.280. The summed E-state index contributed by atoms with van der Waals surface area (Å²) in [7, 11) is 1.82. The fourth-order valence-corrected chi connectivity index (χ4v) is 3.53. The SMILES string of the molecule is CC(Cc1ccc(F)cc1F)N(C)CC(O)c1ccc(O)c2c1CCC(=O)N2. The Bertz CT molecular complexity index is 888. The lowest BCUT2D eigenvalue weighted by Crippen LogP contribution is -2.35. The Hall–Kier alpha value is -2.51. The zero-order valence-electron chi connectivity index (χ0n) is 15.9. The third-order valence-corrected chi connectivity index (χ3v) is 5.30. The van der Waals surface area contributed by atoms with Crippen molar-refractivity contribution in [3.63, 3.8) is 0 Å². The van der Waals surface area contributed by atoms with Crippen LogP contribution < -0.4 is 5.32 Å². The van der Waals surface area contributed by atoms with Crippen molar-refractivity contribution in [3.05, 3.63) is 58.7 Å². The van der Waals surface area contributed by atoms with Gasteiger partial charge in [-0.1, -0.05) is 12.1 Å². The maximum Gasteiger partial charge on any atom is 0.224 e. The van der Waals surface area contributed by atoms with Crippen LogP contribution in [0.5, 0.6) is 5.75 Å². The fraction of sp³-hybridized carbons (Fsp3) is 0.381. The van der Waals surface area contributed by atoms with Crippen molar-refractivity contribution in [1.29, 1.82) is 0 Å². The van der Waals surface area contributed by atoms with Gasteiger partial charge in [-0.25, -0.2) is 8.78 Å². The van der Waals surface area contributed by atoms with Gasteiger partial charge >= 0.3 is 0 Å². The molecule has 150 valence electrons. The van der Waals surface area contributed by atoms with Crippen LogP contribution in [0.2, 0.25) is 0 Å². The van der Waals surface area contributed by atoms with Crippen molar-refractivity contribution in [2.45, 2.75) is 38.3 Å². The van der Waals surface area contributed by atoms with E-state index in [-0.39, 0.29) is 24.2 Å². The Morgan fingerprint density at radius 1 is 1.21 bits per heavy atom. The monoisotopic (exact) mass is 390 g/mol. The Morgan fingerprint density at radius 2 is 1.96 bits per heavy atom. The van der Waals surface area contributed by atoms with Gasteiger partial charge in [0.1, 0.15) is 17.4 Å². The number of anilines is 1. The number of aliphatic hydroxyl groups is 1. The molecule has 0 spiro atoms. The summed E-state index contributed by atoms with van der Waals surface area (Å²) < 4.78 is 27.0. The average molecular weight is 390 g/mol. The standard InChI is InChI=1S/C21H24F2N2O3/c1-12(9-13-3-4-14(22)10-17(13)23)25(2)11-19(27)15-5-7-18(26)21-16(15)6-8-20(28)24-21/h3-5,7,10,12,19,26-27H,6,8-9,11H2,1-2H3,(H,24,28). The molecule has 5 nitrogen and oxygen atoms in total. The van der Waals surface area contributed by atoms with Gasteiger partial charge in [0.05, 0.1) is 11.8 Å². The number of amides is 1. The summed E-state index contributed by atoms with van der Waals surface area (Å²) in [5.74, 6) is -1.37. The molecule has 0 radical (unpaired) electrons. The van der Waals surface area contributed by atoms with E-state index in [1.54, 1.807) is 6.07 Å². The quantitative estimate of drug-likeness (QED) is 0.663. The van der Waals surface area contributed by atoms with Crippen LogP contribution in [-0.2, 0) is 17.6 Å². The summed E-state index contributed by atoms with van der Waals surface area (Å²) in [6, 6.07) is 6.56. The van der Waals surface area contributed by atoms with E-state index in [1.165, 1.54) is 18.2 Å². The number of nitrogens with one attached hydrogen (secondary N) is 1. The summed E-state index contributed by atoms with van der Waals surface area (Å²) in [4.78, 5) is 13.5. The molecule has 3 N–H and O–H groups in total. The molecule has 0 saturated heterocycles. The van der Waals surface area contributed by atoms with Gasteiger partial charge in [-0.2, -0.15) is 0 Å². The minimum Gasteiger partial charge on any atom is -0.506 e. The molecule has 1 aliphatic heterocycles. The predicted octanol–water partition coefficient (Wildman–Crippen LogP) is 3.15. The minimum atomic E-state index is -0.838. The van der Waals surface area contributed by atoms with Crippen molar-refractivity contribution < 1.29 is 23.8 Å². The van der Waals surface area contributed by atoms with Gasteiger partial charge in [-0.15, -0.1) is 0 Å². The molecule has 7 heteroatoms. The summed E-state index contributed by atoms with van der Waals surface area (Å²) in [5, 5.41) is 23.4. The number of fused-ring (bicyclic) bond motifs is 1. The molecule has 2 unspecified atom stereocenters. The van der Waals surface area contributed by atoms with Gasteiger partial charge < -0.3 is 20.4 Å². The number of carbonyl (C=O) groups is 1. The number of aromatic hydroxyl groups is 1.